The molecule has 1 unspecified atom stereocenters. The predicted molar refractivity (Wildman–Crippen MR) is 77.1 cm³/mol. The molecule has 2 aromatic rings. The molecule has 1 atom stereocenters. The van der Waals surface area contributed by atoms with Crippen LogP contribution in [0.5, 0.6) is 0 Å². The fraction of sp³-hybridized carbons (Fsp3) is 0.286. The van der Waals surface area contributed by atoms with Crippen LogP contribution in [0.1, 0.15) is 39.5 Å². The molecule has 0 bridgehead atoms. The first-order valence-corrected chi connectivity index (χ1v) is 6.98. The van der Waals surface area contributed by atoms with Crippen molar-refractivity contribution in [2.45, 2.75) is 26.4 Å². The summed E-state index contributed by atoms with van der Waals surface area (Å²) in [6.45, 7) is 4.81. The molecule has 100 valence electrons. The number of carbonyl (C=O) groups is 1. The van der Waals surface area contributed by atoms with Crippen molar-refractivity contribution in [1.29, 1.82) is 0 Å². The lowest BCUT2D eigenvalue weighted by Gasteiger charge is -2.13. The molecule has 0 aliphatic rings. The first kappa shape index (κ1) is 13.7. The summed E-state index contributed by atoms with van der Waals surface area (Å²) < 4.78 is 0. The van der Waals surface area contributed by atoms with E-state index in [9.17, 15) is 4.79 Å². The maximum Gasteiger partial charge on any atom is 0.248 e. The lowest BCUT2D eigenvalue weighted by molar-refractivity contribution is 0.1000. The number of benzene rings is 1. The molecule has 2 rings (SSSR count). The van der Waals surface area contributed by atoms with Crippen LogP contribution in [-0.4, -0.2) is 10.9 Å². The largest absolute Gasteiger partial charge is 0.366 e. The van der Waals surface area contributed by atoms with E-state index in [4.69, 9.17) is 5.73 Å². The second kappa shape index (κ2) is 5.95. The fourth-order valence-corrected chi connectivity index (χ4v) is 2.52. The van der Waals surface area contributed by atoms with Gasteiger partial charge in [0.25, 0.3) is 0 Å². The van der Waals surface area contributed by atoms with Gasteiger partial charge in [-0.15, -0.1) is 11.3 Å². The number of thiazole rings is 1. The van der Waals surface area contributed by atoms with Gasteiger partial charge in [-0.3, -0.25) is 4.79 Å². The zero-order chi connectivity index (χ0) is 13.8. The Morgan fingerprint density at radius 1 is 1.53 bits per heavy atom. The number of nitrogens with one attached hydrogen (secondary N) is 1. The molecule has 1 amide bonds. The summed E-state index contributed by atoms with van der Waals surface area (Å²) in [5, 5.41) is 6.47. The van der Waals surface area contributed by atoms with E-state index in [-0.39, 0.29) is 6.04 Å². The van der Waals surface area contributed by atoms with Gasteiger partial charge in [0.1, 0.15) is 5.01 Å². The molecular weight excluding hydrogens is 258 g/mol. The maximum atomic E-state index is 11.1. The van der Waals surface area contributed by atoms with Crippen LogP contribution in [0.4, 0.5) is 0 Å². The number of primary amides is 1. The normalized spacial score (nSPS) is 12.3. The van der Waals surface area contributed by atoms with Gasteiger partial charge in [0.2, 0.25) is 5.91 Å². The van der Waals surface area contributed by atoms with E-state index in [1.54, 1.807) is 17.4 Å². The third kappa shape index (κ3) is 3.39. The Bertz CT molecular complexity index is 566. The summed E-state index contributed by atoms with van der Waals surface area (Å²) in [5.41, 5.74) is 8.03. The van der Waals surface area contributed by atoms with Crippen LogP contribution in [0.2, 0.25) is 0 Å². The standard InChI is InChI=1S/C14H17N3OS/c1-9-7-11(13(15)18)3-4-12(9)8-17-10(2)14-16-5-6-19-14/h3-7,10,17H,8H2,1-2H3,(H2,15,18). The molecule has 0 radical (unpaired) electrons. The van der Waals surface area contributed by atoms with Crippen LogP contribution in [0.3, 0.4) is 0 Å². The van der Waals surface area contributed by atoms with Gasteiger partial charge in [-0.05, 0) is 37.1 Å². The molecule has 0 saturated carbocycles. The Balaban J connectivity index is 2.02. The van der Waals surface area contributed by atoms with E-state index < -0.39 is 5.91 Å². The van der Waals surface area contributed by atoms with Crippen molar-refractivity contribution >= 4 is 17.2 Å². The summed E-state index contributed by atoms with van der Waals surface area (Å²) in [6.07, 6.45) is 1.81. The molecule has 0 spiro atoms. The molecule has 5 heteroatoms. The zero-order valence-corrected chi connectivity index (χ0v) is 11.8. The SMILES string of the molecule is Cc1cc(C(N)=O)ccc1CNC(C)c1nccs1. The van der Waals surface area contributed by atoms with Crippen molar-refractivity contribution in [1.82, 2.24) is 10.3 Å². The number of amides is 1. The summed E-state index contributed by atoms with van der Waals surface area (Å²) in [6, 6.07) is 5.75. The number of aryl methyl sites for hydroxylation is 1. The highest BCUT2D eigenvalue weighted by Gasteiger charge is 2.09. The van der Waals surface area contributed by atoms with Crippen LogP contribution in [0.25, 0.3) is 0 Å². The minimum Gasteiger partial charge on any atom is -0.366 e. The molecule has 1 aromatic heterocycles. The number of carbonyl (C=O) groups excluding carboxylic acids is 1. The van der Waals surface area contributed by atoms with E-state index in [1.165, 1.54) is 0 Å². The molecule has 0 aliphatic heterocycles. The Hall–Kier alpha value is -1.72. The molecule has 1 aromatic carbocycles. The molecule has 3 N–H and O–H groups in total. The third-order valence-electron chi connectivity index (χ3n) is 3.05. The van der Waals surface area contributed by atoms with Gasteiger partial charge < -0.3 is 11.1 Å². The van der Waals surface area contributed by atoms with E-state index in [0.29, 0.717) is 5.56 Å². The predicted octanol–water partition coefficient (Wildman–Crippen LogP) is 2.40. The fourth-order valence-electron chi connectivity index (χ4n) is 1.85. The van der Waals surface area contributed by atoms with Gasteiger partial charge in [-0.2, -0.15) is 0 Å². The van der Waals surface area contributed by atoms with Crippen molar-refractivity contribution in [3.05, 3.63) is 51.5 Å². The lowest BCUT2D eigenvalue weighted by Crippen LogP contribution is -2.19. The molecule has 4 nitrogen and oxygen atoms in total. The van der Waals surface area contributed by atoms with Crippen molar-refractivity contribution in [2.75, 3.05) is 0 Å². The van der Waals surface area contributed by atoms with E-state index in [1.807, 2.05) is 30.6 Å². The maximum absolute atomic E-state index is 11.1. The van der Waals surface area contributed by atoms with Crippen molar-refractivity contribution in [3.8, 4) is 0 Å². The van der Waals surface area contributed by atoms with E-state index >= 15 is 0 Å². The average Bonchev–Trinajstić information content (AvgIpc) is 2.90. The van der Waals surface area contributed by atoms with Crippen LogP contribution >= 0.6 is 11.3 Å². The second-order valence-corrected chi connectivity index (χ2v) is 5.40. The average molecular weight is 275 g/mol. The molecule has 1 heterocycles. The van der Waals surface area contributed by atoms with Gasteiger partial charge in [-0.25, -0.2) is 4.98 Å². The highest BCUT2D eigenvalue weighted by molar-refractivity contribution is 7.09. The van der Waals surface area contributed by atoms with Crippen LogP contribution < -0.4 is 11.1 Å². The summed E-state index contributed by atoms with van der Waals surface area (Å²) in [5.74, 6) is -0.390. The third-order valence-corrected chi connectivity index (χ3v) is 4.01. The van der Waals surface area contributed by atoms with Gasteiger partial charge in [0.15, 0.2) is 0 Å². The monoisotopic (exact) mass is 275 g/mol. The summed E-state index contributed by atoms with van der Waals surface area (Å²) >= 11 is 1.64. The zero-order valence-electron chi connectivity index (χ0n) is 11.0. The van der Waals surface area contributed by atoms with Crippen LogP contribution in [0, 0.1) is 6.92 Å². The quantitative estimate of drug-likeness (QED) is 0.880. The first-order valence-electron chi connectivity index (χ1n) is 6.10. The number of nitrogens with two attached hydrogens (primary N) is 1. The Kier molecular flexibility index (Phi) is 4.29. The van der Waals surface area contributed by atoms with Gasteiger partial charge >= 0.3 is 0 Å². The van der Waals surface area contributed by atoms with Gasteiger partial charge in [-0.1, -0.05) is 6.07 Å². The molecule has 0 fully saturated rings. The first-order chi connectivity index (χ1) is 9.08. The molecule has 0 saturated heterocycles. The number of nitrogens with zero attached hydrogens (tertiary/aromatic N) is 1. The Morgan fingerprint density at radius 2 is 2.32 bits per heavy atom. The lowest BCUT2D eigenvalue weighted by atomic mass is 10.0. The number of rotatable bonds is 5. The minimum atomic E-state index is -0.390. The second-order valence-electron chi connectivity index (χ2n) is 4.48. The van der Waals surface area contributed by atoms with Crippen molar-refractivity contribution < 1.29 is 4.79 Å². The Morgan fingerprint density at radius 3 is 2.89 bits per heavy atom. The molecule has 19 heavy (non-hydrogen) atoms. The summed E-state index contributed by atoms with van der Waals surface area (Å²) in [7, 11) is 0. The highest BCUT2D eigenvalue weighted by atomic mass is 32.1. The van der Waals surface area contributed by atoms with Crippen LogP contribution in [0.15, 0.2) is 29.8 Å². The highest BCUT2D eigenvalue weighted by Crippen LogP contribution is 2.17. The van der Waals surface area contributed by atoms with Crippen molar-refractivity contribution in [2.24, 2.45) is 5.73 Å². The topological polar surface area (TPSA) is 68.0 Å². The van der Waals surface area contributed by atoms with Gasteiger partial charge in [0, 0.05) is 23.7 Å². The molecular formula is C14H17N3OS. The molecule has 0 aliphatic carbocycles. The Labute approximate surface area is 116 Å². The number of hydrogen-bond acceptors (Lipinski definition) is 4. The smallest absolute Gasteiger partial charge is 0.248 e. The van der Waals surface area contributed by atoms with E-state index in [0.717, 1.165) is 22.7 Å². The van der Waals surface area contributed by atoms with Crippen LogP contribution in [-0.2, 0) is 6.54 Å². The summed E-state index contributed by atoms with van der Waals surface area (Å²) in [4.78, 5) is 15.4. The number of aromatic nitrogens is 1. The van der Waals surface area contributed by atoms with Gasteiger partial charge in [0.05, 0.1) is 6.04 Å². The van der Waals surface area contributed by atoms with E-state index in [2.05, 4.69) is 17.2 Å². The minimum absolute atomic E-state index is 0.218. The van der Waals surface area contributed by atoms with Crippen molar-refractivity contribution in [3.63, 3.8) is 0 Å². The number of hydrogen-bond donors (Lipinski definition) is 2.